The summed E-state index contributed by atoms with van der Waals surface area (Å²) >= 11 is 0. The van der Waals surface area contributed by atoms with Gasteiger partial charge in [-0.3, -0.25) is 0 Å². The molecular formula is C36H24BO4. The van der Waals surface area contributed by atoms with Gasteiger partial charge in [0.25, 0.3) is 0 Å². The van der Waals surface area contributed by atoms with Crippen LogP contribution in [0.1, 0.15) is 13.7 Å². The summed E-state index contributed by atoms with van der Waals surface area (Å²) in [5, 5.41) is 12.2. The Hall–Kier alpha value is -5.26. The molecule has 8 aromatic rings. The average Bonchev–Trinajstić information content (AvgIpc) is 3.72. The minimum absolute atomic E-state index is 0.0712. The van der Waals surface area contributed by atoms with E-state index in [2.05, 4.69) is 0 Å². The summed E-state index contributed by atoms with van der Waals surface area (Å²) in [4.78, 5) is 0. The first-order valence-corrected chi connectivity index (χ1v) is 12.6. The molecule has 0 saturated heterocycles. The van der Waals surface area contributed by atoms with Gasteiger partial charge < -0.3 is 18.5 Å². The molecule has 0 aliphatic carbocycles. The lowest BCUT2D eigenvalue weighted by Gasteiger charge is -2.01. The topological polar surface area (TPSA) is 55.7 Å². The first-order chi connectivity index (χ1) is 24.5. The molecule has 41 heavy (non-hydrogen) atoms. The van der Waals surface area contributed by atoms with E-state index in [1.54, 1.807) is 36.4 Å². The monoisotopic (exact) mass is 541 g/mol. The van der Waals surface area contributed by atoms with Crippen LogP contribution in [0.15, 0.2) is 148 Å². The van der Waals surface area contributed by atoms with Crippen LogP contribution in [-0.4, -0.2) is 12.7 Å². The van der Waals surface area contributed by atoms with E-state index in [0.29, 0.717) is 52.3 Å². The van der Waals surface area contributed by atoms with Crippen molar-refractivity contribution in [3.8, 4) is 28.0 Å². The van der Waals surface area contributed by atoms with Crippen molar-refractivity contribution in [3.63, 3.8) is 0 Å². The Labute approximate surface area is 251 Å². The number of hydrogen-bond acceptors (Lipinski definition) is 4. The van der Waals surface area contributed by atoms with Crippen molar-refractivity contribution >= 4 is 51.6 Å². The second-order valence-corrected chi connectivity index (χ2v) is 8.92. The quantitative estimate of drug-likeness (QED) is 0.226. The predicted octanol–water partition coefficient (Wildman–Crippen LogP) is 9.41. The van der Waals surface area contributed by atoms with Gasteiger partial charge >= 0.3 is 7.69 Å². The first-order valence-electron chi connectivity index (χ1n) is 17.6. The lowest BCUT2D eigenvalue weighted by Crippen LogP contribution is -1.99. The van der Waals surface area contributed by atoms with Gasteiger partial charge in [-0.1, -0.05) is 127 Å². The molecule has 0 amide bonds. The number of fused-ring (bicyclic) bond motifs is 6. The molecule has 0 atom stereocenters. The number of para-hydroxylation sites is 4. The van der Waals surface area contributed by atoms with Crippen molar-refractivity contribution in [1.29, 1.82) is 0 Å². The number of furan rings is 2. The van der Waals surface area contributed by atoms with E-state index in [4.69, 9.17) is 32.2 Å². The van der Waals surface area contributed by atoms with E-state index in [1.165, 1.54) is 0 Å². The number of benzene rings is 6. The van der Waals surface area contributed by atoms with Crippen LogP contribution in [0, 0.1) is 0 Å². The van der Waals surface area contributed by atoms with Gasteiger partial charge in [-0.25, -0.2) is 0 Å². The van der Waals surface area contributed by atoms with Crippen LogP contribution in [0.25, 0.3) is 66.1 Å². The SMILES string of the molecule is [2H]c1c([2H])c([2H])c(-c2cccc3c2oc2c(O[B]O)cccc23)c([2H])c1[2H].[2H]c1c([2H])c([2H])c(-c2cccc3c2oc2ccccc23)c([2H])c1[2H]. The van der Waals surface area contributed by atoms with Crippen molar-refractivity contribution in [2.45, 2.75) is 0 Å². The van der Waals surface area contributed by atoms with Gasteiger partial charge in [0.15, 0.2) is 5.58 Å². The van der Waals surface area contributed by atoms with Gasteiger partial charge in [-0.05, 0) is 23.3 Å². The molecule has 5 heteroatoms. The smallest absolute Gasteiger partial charge is 0.535 e. The lowest BCUT2D eigenvalue weighted by molar-refractivity contribution is 0.451. The molecule has 0 spiro atoms. The van der Waals surface area contributed by atoms with Gasteiger partial charge in [0.05, 0.1) is 13.7 Å². The van der Waals surface area contributed by atoms with Crippen LogP contribution in [-0.2, 0) is 0 Å². The Bertz CT molecular complexity index is 2630. The second-order valence-electron chi connectivity index (χ2n) is 8.92. The lowest BCUT2D eigenvalue weighted by atomic mass is 10.0. The van der Waals surface area contributed by atoms with E-state index < -0.39 is 24.2 Å². The van der Waals surface area contributed by atoms with E-state index >= 15 is 0 Å². The maximum Gasteiger partial charge on any atom is 0.569 e. The van der Waals surface area contributed by atoms with Crippen molar-refractivity contribution in [1.82, 2.24) is 0 Å². The highest BCUT2D eigenvalue weighted by Gasteiger charge is 2.15. The Balaban J connectivity index is 0.000000160. The summed E-state index contributed by atoms with van der Waals surface area (Å²) in [7, 11) is 0.554. The molecule has 4 nitrogen and oxygen atoms in total. The van der Waals surface area contributed by atoms with Crippen molar-refractivity contribution < 1.29 is 32.2 Å². The molecule has 8 rings (SSSR count). The highest BCUT2D eigenvalue weighted by atomic mass is 16.5. The van der Waals surface area contributed by atoms with Gasteiger partial charge in [-0.15, -0.1) is 0 Å². The molecule has 0 fully saturated rings. The minimum atomic E-state index is -0.445. The zero-order valence-electron chi connectivity index (χ0n) is 31.3. The van der Waals surface area contributed by atoms with Crippen LogP contribution in [0.2, 0.25) is 0 Å². The normalized spacial score (nSPS) is 14.5. The van der Waals surface area contributed by atoms with E-state index in [9.17, 15) is 0 Å². The van der Waals surface area contributed by atoms with Crippen molar-refractivity contribution in [2.75, 3.05) is 0 Å². The molecular weight excluding hydrogens is 507 g/mol. The Morgan fingerprint density at radius 1 is 0.537 bits per heavy atom. The zero-order chi connectivity index (χ0) is 36.3. The molecule has 2 heterocycles. The summed E-state index contributed by atoms with van der Waals surface area (Å²) in [6.07, 6.45) is 0. The van der Waals surface area contributed by atoms with Gasteiger partial charge in [0.2, 0.25) is 0 Å². The van der Waals surface area contributed by atoms with Crippen LogP contribution < -0.4 is 4.65 Å². The fraction of sp³-hybridized carbons (Fsp3) is 0. The van der Waals surface area contributed by atoms with Crippen molar-refractivity contribution in [2.24, 2.45) is 0 Å². The maximum absolute atomic E-state index is 8.95. The van der Waals surface area contributed by atoms with Crippen LogP contribution in [0.5, 0.6) is 5.75 Å². The fourth-order valence-electron chi connectivity index (χ4n) is 4.85. The molecule has 0 aliphatic rings. The molecule has 0 bridgehead atoms. The van der Waals surface area contributed by atoms with Crippen LogP contribution >= 0.6 is 0 Å². The standard InChI is InChI=1S/C18H12BO3.C18H12O/c20-19-22-16-11-5-10-15-14-9-4-8-13(17(14)21-18(15)16)12-6-2-1-3-7-12;1-2-7-13(8-3-1)14-10-6-11-16-15-9-4-5-12-17(15)19-18(14)16/h1-11,20H;1-12H/i1D,2D,3D,6D,7D;1D,2D,3D,7D,8D. The zero-order valence-corrected chi connectivity index (χ0v) is 21.3. The summed E-state index contributed by atoms with van der Waals surface area (Å²) in [6, 6.07) is 20.0. The Morgan fingerprint density at radius 2 is 1.05 bits per heavy atom. The van der Waals surface area contributed by atoms with Gasteiger partial charge in [-0.2, -0.15) is 0 Å². The highest BCUT2D eigenvalue weighted by molar-refractivity contribution is 6.19. The van der Waals surface area contributed by atoms with Gasteiger partial charge in [0.1, 0.15) is 22.5 Å². The highest BCUT2D eigenvalue weighted by Crippen LogP contribution is 2.39. The van der Waals surface area contributed by atoms with Crippen LogP contribution in [0.4, 0.5) is 0 Å². The summed E-state index contributed by atoms with van der Waals surface area (Å²) in [5.41, 5.74) is 3.11. The molecule has 1 radical (unpaired) electrons. The maximum atomic E-state index is 8.95. The molecule has 0 aliphatic heterocycles. The number of rotatable bonds is 4. The van der Waals surface area contributed by atoms with Crippen LogP contribution in [0.3, 0.4) is 0 Å². The van der Waals surface area contributed by atoms with E-state index in [1.807, 2.05) is 42.5 Å². The minimum Gasteiger partial charge on any atom is -0.535 e. The average molecular weight is 541 g/mol. The molecule has 0 unspecified atom stereocenters. The molecule has 0 saturated carbocycles. The third-order valence-corrected chi connectivity index (χ3v) is 6.61. The second kappa shape index (κ2) is 10.7. The third-order valence-electron chi connectivity index (χ3n) is 6.61. The summed E-state index contributed by atoms with van der Waals surface area (Å²) in [6.45, 7) is 0. The van der Waals surface area contributed by atoms with E-state index in [-0.39, 0.29) is 47.4 Å². The Morgan fingerprint density at radius 3 is 1.68 bits per heavy atom. The van der Waals surface area contributed by atoms with Gasteiger partial charge in [0, 0.05) is 32.7 Å². The summed E-state index contributed by atoms with van der Waals surface area (Å²) in [5.74, 6) is 0.304. The molecule has 2 aromatic heterocycles. The largest absolute Gasteiger partial charge is 0.569 e. The Kier molecular flexibility index (Phi) is 4.21. The summed E-state index contributed by atoms with van der Waals surface area (Å²) < 4.78 is 96.7. The molecule has 195 valence electrons. The molecule has 6 aromatic carbocycles. The predicted molar refractivity (Wildman–Crippen MR) is 167 cm³/mol. The first kappa shape index (κ1) is 16.1. The fourth-order valence-corrected chi connectivity index (χ4v) is 4.85. The molecule has 1 N–H and O–H groups in total. The third kappa shape index (κ3) is 4.52. The number of hydrogen-bond donors (Lipinski definition) is 1. The van der Waals surface area contributed by atoms with E-state index in [0.717, 1.165) is 16.2 Å². The van der Waals surface area contributed by atoms with Crippen molar-refractivity contribution in [3.05, 3.63) is 139 Å².